The van der Waals surface area contributed by atoms with E-state index in [9.17, 15) is 4.79 Å². The van der Waals surface area contributed by atoms with Crippen molar-refractivity contribution in [1.82, 2.24) is 15.0 Å². The van der Waals surface area contributed by atoms with E-state index in [4.69, 9.17) is 4.74 Å². The lowest BCUT2D eigenvalue weighted by atomic mass is 9.91. The van der Waals surface area contributed by atoms with Crippen molar-refractivity contribution in [2.75, 3.05) is 18.5 Å². The smallest absolute Gasteiger partial charge is 0.224 e. The molecule has 1 amide bonds. The highest BCUT2D eigenvalue weighted by molar-refractivity contribution is 5.95. The molecule has 3 heterocycles. The van der Waals surface area contributed by atoms with Gasteiger partial charge in [-0.2, -0.15) is 0 Å². The van der Waals surface area contributed by atoms with Crippen LogP contribution in [0.3, 0.4) is 0 Å². The first-order chi connectivity index (χ1) is 14.9. The van der Waals surface area contributed by atoms with Crippen LogP contribution >= 0.6 is 0 Å². The Balaban J connectivity index is 1.64. The van der Waals surface area contributed by atoms with Crippen LogP contribution in [0.4, 0.5) is 5.69 Å². The highest BCUT2D eigenvalue weighted by Crippen LogP contribution is 2.45. The lowest BCUT2D eigenvalue weighted by Crippen LogP contribution is -2.40. The maximum Gasteiger partial charge on any atom is 0.224 e. The molecule has 31 heavy (non-hydrogen) atoms. The van der Waals surface area contributed by atoms with Crippen LogP contribution in [0.25, 0.3) is 5.57 Å². The van der Waals surface area contributed by atoms with E-state index < -0.39 is 0 Å². The lowest BCUT2D eigenvalue weighted by molar-refractivity contribution is -0.117. The summed E-state index contributed by atoms with van der Waals surface area (Å²) in [6.07, 6.45) is 8.33. The van der Waals surface area contributed by atoms with Crippen molar-refractivity contribution < 1.29 is 9.53 Å². The zero-order chi connectivity index (χ0) is 21.7. The SMILES string of the molecule is CC(=O)N1c2ccc(C3=CN(C4CC4)N(C)C3)c(Oc3ncccc3C)c2CC[C@@H]1C. The molecular formula is C25H30N4O2. The van der Waals surface area contributed by atoms with Crippen LogP contribution < -0.4 is 9.64 Å². The molecule has 1 saturated carbocycles. The summed E-state index contributed by atoms with van der Waals surface area (Å²) in [5, 5.41) is 4.64. The first-order valence-corrected chi connectivity index (χ1v) is 11.2. The van der Waals surface area contributed by atoms with E-state index in [1.54, 1.807) is 13.1 Å². The quantitative estimate of drug-likeness (QED) is 0.730. The molecule has 1 aromatic heterocycles. The highest BCUT2D eigenvalue weighted by atomic mass is 16.5. The molecule has 0 spiro atoms. The number of hydrogen-bond donors (Lipinski definition) is 0. The minimum Gasteiger partial charge on any atom is -0.438 e. The van der Waals surface area contributed by atoms with Gasteiger partial charge in [-0.3, -0.25) is 4.79 Å². The molecule has 0 bridgehead atoms. The molecule has 2 aliphatic heterocycles. The Morgan fingerprint density at radius 1 is 1.19 bits per heavy atom. The minimum atomic E-state index is 0.0703. The number of likely N-dealkylation sites (N-methyl/N-ethyl adjacent to an activating group) is 1. The van der Waals surface area contributed by atoms with Gasteiger partial charge in [0.2, 0.25) is 11.8 Å². The van der Waals surface area contributed by atoms with E-state index in [0.717, 1.165) is 47.5 Å². The summed E-state index contributed by atoms with van der Waals surface area (Å²) in [4.78, 5) is 18.8. The Morgan fingerprint density at radius 2 is 2.00 bits per heavy atom. The van der Waals surface area contributed by atoms with Gasteiger partial charge in [0.15, 0.2) is 0 Å². The van der Waals surface area contributed by atoms with Gasteiger partial charge < -0.3 is 14.6 Å². The maximum atomic E-state index is 12.5. The summed E-state index contributed by atoms with van der Waals surface area (Å²) < 4.78 is 6.53. The van der Waals surface area contributed by atoms with Crippen LogP contribution in [0.1, 0.15) is 49.8 Å². The van der Waals surface area contributed by atoms with Crippen LogP contribution in [0.2, 0.25) is 0 Å². The van der Waals surface area contributed by atoms with Crippen molar-refractivity contribution in [1.29, 1.82) is 0 Å². The summed E-state index contributed by atoms with van der Waals surface area (Å²) in [5.41, 5.74) is 5.40. The van der Waals surface area contributed by atoms with E-state index in [1.165, 1.54) is 18.4 Å². The minimum absolute atomic E-state index is 0.0703. The standard InChI is InChI=1S/C25H30N4O2/c1-16-6-5-13-26-25(16)31-24-21(19-14-27(4)28(15-19)20-8-9-20)11-12-23-22(24)10-7-17(2)29(23)18(3)30/h5-6,11-13,15,17,20H,7-10,14H2,1-4H3/t17-/m0/s1. The van der Waals surface area contributed by atoms with Gasteiger partial charge in [-0.25, -0.2) is 9.99 Å². The highest BCUT2D eigenvalue weighted by Gasteiger charge is 2.36. The van der Waals surface area contributed by atoms with Crippen molar-refractivity contribution in [2.45, 2.75) is 58.5 Å². The molecule has 6 heteroatoms. The van der Waals surface area contributed by atoms with E-state index in [2.05, 4.69) is 47.3 Å². The number of carbonyl (C=O) groups is 1. The number of benzene rings is 1. The molecule has 0 radical (unpaired) electrons. The van der Waals surface area contributed by atoms with Crippen LogP contribution in [0.15, 0.2) is 36.7 Å². The number of nitrogens with zero attached hydrogens (tertiary/aromatic N) is 4. The monoisotopic (exact) mass is 418 g/mol. The molecule has 3 aliphatic rings. The van der Waals surface area contributed by atoms with Gasteiger partial charge in [0.25, 0.3) is 0 Å². The van der Waals surface area contributed by atoms with Gasteiger partial charge in [0.1, 0.15) is 5.75 Å². The van der Waals surface area contributed by atoms with E-state index in [0.29, 0.717) is 11.9 Å². The molecule has 6 nitrogen and oxygen atoms in total. The van der Waals surface area contributed by atoms with Crippen molar-refractivity contribution in [2.24, 2.45) is 0 Å². The lowest BCUT2D eigenvalue weighted by Gasteiger charge is -2.36. The zero-order valence-corrected chi connectivity index (χ0v) is 18.8. The number of aryl methyl sites for hydroxylation is 1. The average molecular weight is 419 g/mol. The van der Waals surface area contributed by atoms with Gasteiger partial charge in [0.05, 0.1) is 5.69 Å². The fourth-order valence-corrected chi connectivity index (χ4v) is 4.83. The fraction of sp³-hybridized carbons (Fsp3) is 0.440. The van der Waals surface area contributed by atoms with Crippen LogP contribution in [-0.2, 0) is 11.2 Å². The number of rotatable bonds is 4. The van der Waals surface area contributed by atoms with Crippen molar-refractivity contribution in [3.63, 3.8) is 0 Å². The Labute approximate surface area is 184 Å². The molecule has 162 valence electrons. The molecule has 1 fully saturated rings. The van der Waals surface area contributed by atoms with Gasteiger partial charge in [-0.1, -0.05) is 6.07 Å². The van der Waals surface area contributed by atoms with E-state index in [-0.39, 0.29) is 11.9 Å². The summed E-state index contributed by atoms with van der Waals surface area (Å²) >= 11 is 0. The Hall–Kier alpha value is -2.86. The fourth-order valence-electron chi connectivity index (χ4n) is 4.83. The first-order valence-electron chi connectivity index (χ1n) is 11.2. The number of carbonyl (C=O) groups excluding carboxylic acids is 1. The first kappa shape index (κ1) is 20.1. The Morgan fingerprint density at radius 3 is 2.71 bits per heavy atom. The molecule has 0 saturated heterocycles. The molecule has 5 rings (SSSR count). The predicted molar refractivity (Wildman–Crippen MR) is 122 cm³/mol. The number of pyridine rings is 1. The summed E-state index contributed by atoms with van der Waals surface area (Å²) in [6.45, 7) is 6.62. The van der Waals surface area contributed by atoms with Gasteiger partial charge in [-0.15, -0.1) is 0 Å². The van der Waals surface area contributed by atoms with Crippen LogP contribution in [0, 0.1) is 6.92 Å². The summed E-state index contributed by atoms with van der Waals surface area (Å²) in [7, 11) is 2.14. The summed E-state index contributed by atoms with van der Waals surface area (Å²) in [6, 6.07) is 8.96. The molecule has 0 N–H and O–H groups in total. The maximum absolute atomic E-state index is 12.5. The number of anilines is 1. The molecule has 1 atom stereocenters. The van der Waals surface area contributed by atoms with E-state index in [1.807, 2.05) is 24.0 Å². The molecule has 1 aromatic carbocycles. The largest absolute Gasteiger partial charge is 0.438 e. The van der Waals surface area contributed by atoms with Crippen molar-refractivity contribution in [3.05, 3.63) is 53.4 Å². The average Bonchev–Trinajstić information content (AvgIpc) is 3.51. The number of aromatic nitrogens is 1. The predicted octanol–water partition coefficient (Wildman–Crippen LogP) is 4.54. The molecule has 1 aliphatic carbocycles. The van der Waals surface area contributed by atoms with Crippen LogP contribution in [-0.4, -0.2) is 46.6 Å². The molecule has 2 aromatic rings. The summed E-state index contributed by atoms with van der Waals surface area (Å²) in [5.74, 6) is 1.53. The van der Waals surface area contributed by atoms with Crippen LogP contribution in [0.5, 0.6) is 11.6 Å². The number of ether oxygens (including phenoxy) is 1. The van der Waals surface area contributed by atoms with E-state index >= 15 is 0 Å². The van der Waals surface area contributed by atoms with Gasteiger partial charge >= 0.3 is 0 Å². The second-order valence-electron chi connectivity index (χ2n) is 9.03. The van der Waals surface area contributed by atoms with Gasteiger partial charge in [0, 0.05) is 61.7 Å². The molecule has 0 unspecified atom stereocenters. The number of fused-ring (bicyclic) bond motifs is 1. The third-order valence-electron chi connectivity index (χ3n) is 6.60. The number of hydrazine groups is 1. The third-order valence-corrected chi connectivity index (χ3v) is 6.60. The second-order valence-corrected chi connectivity index (χ2v) is 9.03. The Bertz CT molecular complexity index is 1060. The zero-order valence-electron chi connectivity index (χ0n) is 18.8. The second kappa shape index (κ2) is 7.68. The third kappa shape index (κ3) is 3.59. The van der Waals surface area contributed by atoms with Crippen molar-refractivity contribution >= 4 is 17.2 Å². The topological polar surface area (TPSA) is 48.9 Å². The normalized spacial score (nSPS) is 21.2. The Kier molecular flexibility index (Phi) is 4.97. The number of amides is 1. The number of hydrogen-bond acceptors (Lipinski definition) is 5. The molecular weight excluding hydrogens is 388 g/mol. The van der Waals surface area contributed by atoms with Crippen molar-refractivity contribution in [3.8, 4) is 11.6 Å². The van der Waals surface area contributed by atoms with Gasteiger partial charge in [-0.05, 0) is 63.3 Å².